The van der Waals surface area contributed by atoms with Gasteiger partial charge in [0.05, 0.1) is 0 Å². The fourth-order valence-electron chi connectivity index (χ4n) is 3.25. The maximum absolute atomic E-state index is 12.3. The van der Waals surface area contributed by atoms with Crippen molar-refractivity contribution in [2.24, 2.45) is 11.7 Å². The van der Waals surface area contributed by atoms with Crippen LogP contribution < -0.4 is 5.73 Å². The van der Waals surface area contributed by atoms with E-state index in [9.17, 15) is 4.79 Å². The first kappa shape index (κ1) is 18.4. The molecule has 1 fully saturated rings. The van der Waals surface area contributed by atoms with Gasteiger partial charge in [-0.05, 0) is 64.6 Å². The molecular weight excluding hydrogens is 262 g/mol. The number of hydrogen-bond acceptors (Lipinski definition) is 3. The van der Waals surface area contributed by atoms with E-state index >= 15 is 0 Å². The summed E-state index contributed by atoms with van der Waals surface area (Å²) in [6.45, 7) is 11.6. The number of nitrogens with two attached hydrogens (primary N) is 1. The Balaban J connectivity index is 2.29. The zero-order chi connectivity index (χ0) is 15.7. The molecule has 1 heterocycles. The first-order chi connectivity index (χ1) is 10.1. The molecule has 124 valence electrons. The van der Waals surface area contributed by atoms with Crippen molar-refractivity contribution < 1.29 is 4.79 Å². The van der Waals surface area contributed by atoms with Gasteiger partial charge < -0.3 is 15.5 Å². The summed E-state index contributed by atoms with van der Waals surface area (Å²) in [7, 11) is 0. The van der Waals surface area contributed by atoms with Crippen molar-refractivity contribution >= 4 is 5.91 Å². The van der Waals surface area contributed by atoms with E-state index < -0.39 is 0 Å². The van der Waals surface area contributed by atoms with Crippen LogP contribution in [-0.4, -0.2) is 54.5 Å². The molecule has 4 heteroatoms. The molecule has 2 N–H and O–H groups in total. The number of nitrogens with zero attached hydrogens (tertiary/aromatic N) is 2. The summed E-state index contributed by atoms with van der Waals surface area (Å²) in [6, 6.07) is 0.199. The molecule has 0 spiro atoms. The van der Waals surface area contributed by atoms with Crippen LogP contribution in [-0.2, 0) is 4.79 Å². The van der Waals surface area contributed by atoms with Crippen LogP contribution in [0.1, 0.15) is 59.3 Å². The number of likely N-dealkylation sites (tertiary alicyclic amines) is 1. The summed E-state index contributed by atoms with van der Waals surface area (Å²) in [4.78, 5) is 16.9. The second-order valence-electron chi connectivity index (χ2n) is 6.55. The molecule has 0 aliphatic carbocycles. The second-order valence-corrected chi connectivity index (χ2v) is 6.55. The average molecular weight is 297 g/mol. The molecule has 4 nitrogen and oxygen atoms in total. The Morgan fingerprint density at radius 3 is 2.52 bits per heavy atom. The first-order valence-electron chi connectivity index (χ1n) is 8.84. The molecule has 0 aromatic carbocycles. The Morgan fingerprint density at radius 1 is 1.29 bits per heavy atom. The van der Waals surface area contributed by atoms with Crippen LogP contribution in [0.3, 0.4) is 0 Å². The smallest absolute Gasteiger partial charge is 0.222 e. The quantitative estimate of drug-likeness (QED) is 0.711. The van der Waals surface area contributed by atoms with Gasteiger partial charge in [0.25, 0.3) is 0 Å². The first-order valence-corrected chi connectivity index (χ1v) is 8.84. The zero-order valence-electron chi connectivity index (χ0n) is 14.3. The SMILES string of the molecule is CCCN(CCC)CCCC(=O)N1CCCC(C(C)N)C1. The van der Waals surface area contributed by atoms with E-state index in [0.29, 0.717) is 18.2 Å². The lowest BCUT2D eigenvalue weighted by Crippen LogP contribution is -2.45. The summed E-state index contributed by atoms with van der Waals surface area (Å²) >= 11 is 0. The fourth-order valence-corrected chi connectivity index (χ4v) is 3.25. The van der Waals surface area contributed by atoms with E-state index in [4.69, 9.17) is 5.73 Å². The third kappa shape index (κ3) is 6.79. The highest BCUT2D eigenvalue weighted by atomic mass is 16.2. The van der Waals surface area contributed by atoms with E-state index in [1.807, 2.05) is 4.90 Å². The van der Waals surface area contributed by atoms with Gasteiger partial charge in [0.2, 0.25) is 5.91 Å². The van der Waals surface area contributed by atoms with Crippen molar-refractivity contribution in [2.45, 2.75) is 65.3 Å². The average Bonchev–Trinajstić information content (AvgIpc) is 2.47. The summed E-state index contributed by atoms with van der Waals surface area (Å²) in [6.07, 6.45) is 6.33. The van der Waals surface area contributed by atoms with Crippen LogP contribution in [0.5, 0.6) is 0 Å². The topological polar surface area (TPSA) is 49.6 Å². The monoisotopic (exact) mass is 297 g/mol. The van der Waals surface area contributed by atoms with Gasteiger partial charge in [-0.15, -0.1) is 0 Å². The van der Waals surface area contributed by atoms with Crippen LogP contribution in [0.4, 0.5) is 0 Å². The van der Waals surface area contributed by atoms with Gasteiger partial charge in [0.15, 0.2) is 0 Å². The van der Waals surface area contributed by atoms with Crippen molar-refractivity contribution in [3.05, 3.63) is 0 Å². The molecule has 1 amide bonds. The van der Waals surface area contributed by atoms with Crippen molar-refractivity contribution in [3.8, 4) is 0 Å². The van der Waals surface area contributed by atoms with Crippen molar-refractivity contribution in [3.63, 3.8) is 0 Å². The van der Waals surface area contributed by atoms with Gasteiger partial charge in [-0.1, -0.05) is 13.8 Å². The molecular formula is C17H35N3O. The maximum Gasteiger partial charge on any atom is 0.222 e. The fraction of sp³-hybridized carbons (Fsp3) is 0.941. The summed E-state index contributed by atoms with van der Waals surface area (Å²) in [5.41, 5.74) is 5.99. The molecule has 0 aromatic rings. The van der Waals surface area contributed by atoms with E-state index in [1.54, 1.807) is 0 Å². The minimum Gasteiger partial charge on any atom is -0.342 e. The Kier molecular flexibility index (Phi) is 8.93. The molecule has 0 aromatic heterocycles. The highest BCUT2D eigenvalue weighted by Crippen LogP contribution is 2.19. The number of hydrogen-bond donors (Lipinski definition) is 1. The lowest BCUT2D eigenvalue weighted by molar-refractivity contribution is -0.133. The molecule has 0 bridgehead atoms. The van der Waals surface area contributed by atoms with Gasteiger partial charge in [-0.3, -0.25) is 4.79 Å². The number of rotatable bonds is 9. The van der Waals surface area contributed by atoms with Gasteiger partial charge in [-0.2, -0.15) is 0 Å². The lowest BCUT2D eigenvalue weighted by atomic mass is 9.92. The Hall–Kier alpha value is -0.610. The highest BCUT2D eigenvalue weighted by molar-refractivity contribution is 5.76. The normalized spacial score (nSPS) is 20.8. The van der Waals surface area contributed by atoms with Crippen LogP contribution in [0.15, 0.2) is 0 Å². The predicted octanol–water partition coefficient (Wildman–Crippen LogP) is 2.47. The minimum atomic E-state index is 0.199. The molecule has 1 aliphatic rings. The van der Waals surface area contributed by atoms with Crippen molar-refractivity contribution in [1.29, 1.82) is 0 Å². The van der Waals surface area contributed by atoms with Crippen molar-refractivity contribution in [1.82, 2.24) is 9.80 Å². The standard InChI is InChI=1S/C17H35N3O/c1-4-10-19(11-5-2)12-7-9-17(21)20-13-6-8-16(14-20)15(3)18/h15-16H,4-14,18H2,1-3H3. The number of carbonyl (C=O) groups excluding carboxylic acids is 1. The molecule has 2 atom stereocenters. The number of piperidine rings is 1. The van der Waals surface area contributed by atoms with Crippen LogP contribution in [0.25, 0.3) is 0 Å². The van der Waals surface area contributed by atoms with Crippen molar-refractivity contribution in [2.75, 3.05) is 32.7 Å². The Morgan fingerprint density at radius 2 is 1.95 bits per heavy atom. The Labute approximate surface area is 131 Å². The van der Waals surface area contributed by atoms with Crippen LogP contribution >= 0.6 is 0 Å². The van der Waals surface area contributed by atoms with Gasteiger partial charge in [-0.25, -0.2) is 0 Å². The van der Waals surface area contributed by atoms with Crippen LogP contribution in [0, 0.1) is 5.92 Å². The van der Waals surface area contributed by atoms with E-state index in [1.165, 1.54) is 19.3 Å². The molecule has 2 unspecified atom stereocenters. The largest absolute Gasteiger partial charge is 0.342 e. The molecule has 21 heavy (non-hydrogen) atoms. The molecule has 0 saturated carbocycles. The third-order valence-electron chi connectivity index (χ3n) is 4.50. The number of amides is 1. The second kappa shape index (κ2) is 10.2. The summed E-state index contributed by atoms with van der Waals surface area (Å²) in [5.74, 6) is 0.813. The lowest BCUT2D eigenvalue weighted by Gasteiger charge is -2.34. The molecule has 1 saturated heterocycles. The van der Waals surface area contributed by atoms with E-state index in [-0.39, 0.29) is 6.04 Å². The molecule has 0 radical (unpaired) electrons. The van der Waals surface area contributed by atoms with Gasteiger partial charge >= 0.3 is 0 Å². The highest BCUT2D eigenvalue weighted by Gasteiger charge is 2.25. The molecule has 1 aliphatic heterocycles. The maximum atomic E-state index is 12.3. The Bertz CT molecular complexity index is 288. The van der Waals surface area contributed by atoms with Gasteiger partial charge in [0.1, 0.15) is 0 Å². The minimum absolute atomic E-state index is 0.199. The van der Waals surface area contributed by atoms with Gasteiger partial charge in [0, 0.05) is 25.6 Å². The number of carbonyl (C=O) groups is 1. The zero-order valence-corrected chi connectivity index (χ0v) is 14.3. The van der Waals surface area contributed by atoms with E-state index in [2.05, 4.69) is 25.7 Å². The summed E-state index contributed by atoms with van der Waals surface area (Å²) in [5, 5.41) is 0. The van der Waals surface area contributed by atoms with E-state index in [0.717, 1.165) is 45.6 Å². The molecule has 1 rings (SSSR count). The predicted molar refractivity (Wildman–Crippen MR) is 89.2 cm³/mol. The third-order valence-corrected chi connectivity index (χ3v) is 4.50. The summed E-state index contributed by atoms with van der Waals surface area (Å²) < 4.78 is 0. The van der Waals surface area contributed by atoms with Crippen LogP contribution in [0.2, 0.25) is 0 Å².